The van der Waals surface area contributed by atoms with E-state index in [0.717, 1.165) is 0 Å². The molecule has 6 heteroatoms. The molecular weight excluding hydrogens is 160 g/mol. The molecule has 0 saturated carbocycles. The van der Waals surface area contributed by atoms with Crippen molar-refractivity contribution in [2.75, 3.05) is 0 Å². The molecule has 0 aliphatic heterocycles. The van der Waals surface area contributed by atoms with Gasteiger partial charge in [-0.15, -0.1) is 0 Å². The predicted molar refractivity (Wildman–Crippen MR) is 31.3 cm³/mol. The van der Waals surface area contributed by atoms with Gasteiger partial charge in [-0.25, -0.2) is 0 Å². The Morgan fingerprint density at radius 3 is 1.88 bits per heavy atom. The monoisotopic (exact) mass is 166 g/mol. The Morgan fingerprint density at radius 2 is 1.88 bits per heavy atom. The standard InChI is InChI=1S/C2H4O4S.Ca.2H/c3-1-2-7(4,5)6;;;/h1-3H,(H,4,5,6);;;/q;+2;2*-1. The van der Waals surface area contributed by atoms with E-state index in [9.17, 15) is 8.42 Å². The van der Waals surface area contributed by atoms with Crippen molar-refractivity contribution in [2.24, 2.45) is 0 Å². The molecule has 0 bridgehead atoms. The Kier molecular flexibility index (Phi) is 6.58. The molecule has 0 aromatic carbocycles. The Bertz CT molecular complexity index is 164. The van der Waals surface area contributed by atoms with Crippen LogP contribution < -0.4 is 0 Å². The van der Waals surface area contributed by atoms with E-state index < -0.39 is 10.1 Å². The number of aliphatic hydroxyl groups is 1. The van der Waals surface area contributed by atoms with Crippen LogP contribution in [0.4, 0.5) is 0 Å². The van der Waals surface area contributed by atoms with Crippen LogP contribution in [0.25, 0.3) is 0 Å². The Morgan fingerprint density at radius 1 is 1.50 bits per heavy atom. The molecule has 0 radical (unpaired) electrons. The topological polar surface area (TPSA) is 74.6 Å². The molecule has 0 rings (SSSR count). The summed E-state index contributed by atoms with van der Waals surface area (Å²) in [7, 11) is -4.10. The first-order valence-corrected chi connectivity index (χ1v) is 2.85. The minimum Gasteiger partial charge on any atom is -1.00 e. The third-order valence-electron chi connectivity index (χ3n) is 0.233. The minimum atomic E-state index is -4.10. The van der Waals surface area contributed by atoms with E-state index in [1.54, 1.807) is 0 Å². The fraction of sp³-hybridized carbons (Fsp3) is 0. The van der Waals surface area contributed by atoms with Crippen LogP contribution in [0.15, 0.2) is 11.7 Å². The third-order valence-corrected chi connectivity index (χ3v) is 0.698. The number of rotatable bonds is 1. The first kappa shape index (κ1) is 11.5. The van der Waals surface area contributed by atoms with Crippen LogP contribution in [0.5, 0.6) is 0 Å². The van der Waals surface area contributed by atoms with Gasteiger partial charge in [0.05, 0.1) is 11.7 Å². The second-order valence-electron chi connectivity index (χ2n) is 0.800. The van der Waals surface area contributed by atoms with E-state index in [0.29, 0.717) is 0 Å². The summed E-state index contributed by atoms with van der Waals surface area (Å²) in [6, 6.07) is 0. The minimum absolute atomic E-state index is 0. The molecule has 0 unspecified atom stereocenters. The van der Waals surface area contributed by atoms with E-state index in [1.807, 2.05) is 0 Å². The smallest absolute Gasteiger partial charge is 1.00 e. The summed E-state index contributed by atoms with van der Waals surface area (Å²) >= 11 is 0. The average Bonchev–Trinajstić information content (AvgIpc) is 1.30. The zero-order valence-corrected chi connectivity index (χ0v) is 7.01. The van der Waals surface area contributed by atoms with Gasteiger partial charge in [-0.2, -0.15) is 8.42 Å². The Balaban J connectivity index is -0.0000000600. The fourth-order valence-corrected chi connectivity index (χ4v) is 0.231. The number of hydrogen-bond acceptors (Lipinski definition) is 3. The molecule has 2 N–H and O–H groups in total. The first-order chi connectivity index (χ1) is 3.06. The molecule has 0 fully saturated rings. The largest absolute Gasteiger partial charge is 2.00 e. The van der Waals surface area contributed by atoms with E-state index in [4.69, 9.17) is 9.66 Å². The maximum absolute atomic E-state index is 9.54. The van der Waals surface area contributed by atoms with Crippen LogP contribution in [-0.4, -0.2) is 55.8 Å². The van der Waals surface area contributed by atoms with Crippen molar-refractivity contribution in [1.82, 2.24) is 0 Å². The van der Waals surface area contributed by atoms with Gasteiger partial charge in [-0.1, -0.05) is 0 Å². The van der Waals surface area contributed by atoms with Gasteiger partial charge in [0.1, 0.15) is 0 Å². The summed E-state index contributed by atoms with van der Waals surface area (Å²) in [5.74, 6) is 0. The zero-order chi connectivity index (χ0) is 5.91. The molecule has 0 aliphatic rings. The predicted octanol–water partition coefficient (Wildman–Crippen LogP) is -0.252. The molecule has 8 heavy (non-hydrogen) atoms. The van der Waals surface area contributed by atoms with Gasteiger partial charge in [-0.3, -0.25) is 4.55 Å². The molecule has 0 spiro atoms. The summed E-state index contributed by atoms with van der Waals surface area (Å²) in [6.07, 6.45) is 0.245. The zero-order valence-electron chi connectivity index (χ0n) is 5.98. The van der Waals surface area contributed by atoms with Gasteiger partial charge in [0.25, 0.3) is 10.1 Å². The van der Waals surface area contributed by atoms with Gasteiger partial charge in [0.2, 0.25) is 0 Å². The third kappa shape index (κ3) is 9.86. The Labute approximate surface area is 79.9 Å². The molecule has 4 nitrogen and oxygen atoms in total. The first-order valence-electron chi connectivity index (χ1n) is 1.34. The van der Waals surface area contributed by atoms with E-state index in [-0.39, 0.29) is 52.3 Å². The second kappa shape index (κ2) is 4.58. The van der Waals surface area contributed by atoms with Crippen molar-refractivity contribution in [2.45, 2.75) is 0 Å². The second-order valence-corrected chi connectivity index (χ2v) is 2.10. The molecule has 0 heterocycles. The van der Waals surface area contributed by atoms with Crippen molar-refractivity contribution in [3.63, 3.8) is 0 Å². The van der Waals surface area contributed by atoms with Crippen LogP contribution in [0.2, 0.25) is 0 Å². The average molecular weight is 166 g/mol. The van der Waals surface area contributed by atoms with E-state index >= 15 is 0 Å². The van der Waals surface area contributed by atoms with Crippen molar-refractivity contribution in [3.8, 4) is 0 Å². The molecule has 0 atom stereocenters. The van der Waals surface area contributed by atoms with Crippen LogP contribution in [0, 0.1) is 0 Å². The maximum Gasteiger partial charge on any atom is 2.00 e. The summed E-state index contributed by atoms with van der Waals surface area (Å²) in [4.78, 5) is 0. The van der Waals surface area contributed by atoms with Gasteiger partial charge < -0.3 is 7.96 Å². The molecule has 0 aromatic heterocycles. The van der Waals surface area contributed by atoms with Crippen molar-refractivity contribution >= 4 is 47.9 Å². The normalized spacial score (nSPS) is 11.1. The molecule has 0 aliphatic carbocycles. The number of aliphatic hydroxyl groups excluding tert-OH is 1. The summed E-state index contributed by atoms with van der Waals surface area (Å²) in [5, 5.41) is 7.95. The SMILES string of the molecule is O=S(=O)(O)C=CO.[Ca+2].[H-].[H-]. The van der Waals surface area contributed by atoms with Gasteiger partial charge in [0.15, 0.2) is 0 Å². The van der Waals surface area contributed by atoms with Gasteiger partial charge in [-0.05, 0) is 0 Å². The summed E-state index contributed by atoms with van der Waals surface area (Å²) < 4.78 is 26.8. The molecular formula is C2H6CaO4S. The Hall–Kier alpha value is 0.710. The van der Waals surface area contributed by atoms with Crippen molar-refractivity contribution < 1.29 is 20.9 Å². The molecule has 0 amide bonds. The quantitative estimate of drug-likeness (QED) is 0.320. The van der Waals surface area contributed by atoms with Crippen LogP contribution >= 0.6 is 0 Å². The number of hydrogen-bond donors (Lipinski definition) is 2. The summed E-state index contributed by atoms with van der Waals surface area (Å²) in [6.45, 7) is 0. The molecule has 0 aromatic rings. The van der Waals surface area contributed by atoms with E-state index in [2.05, 4.69) is 0 Å². The molecule has 46 valence electrons. The van der Waals surface area contributed by atoms with Crippen molar-refractivity contribution in [3.05, 3.63) is 11.7 Å². The fourth-order valence-electron chi connectivity index (χ4n) is 0.0769. The molecule has 0 saturated heterocycles. The van der Waals surface area contributed by atoms with Gasteiger partial charge in [0, 0.05) is 0 Å². The van der Waals surface area contributed by atoms with Crippen molar-refractivity contribution in [1.29, 1.82) is 0 Å². The van der Waals surface area contributed by atoms with Crippen LogP contribution in [0.3, 0.4) is 0 Å². The van der Waals surface area contributed by atoms with Crippen LogP contribution in [0.1, 0.15) is 2.85 Å². The maximum atomic E-state index is 9.54. The van der Waals surface area contributed by atoms with Crippen LogP contribution in [-0.2, 0) is 10.1 Å². The van der Waals surface area contributed by atoms with E-state index in [1.165, 1.54) is 0 Å². The van der Waals surface area contributed by atoms with Gasteiger partial charge >= 0.3 is 37.7 Å². The summed E-state index contributed by atoms with van der Waals surface area (Å²) in [5.41, 5.74) is 0.